The van der Waals surface area contributed by atoms with Gasteiger partial charge in [-0.1, -0.05) is 32.9 Å². The Bertz CT molecular complexity index is 413. The van der Waals surface area contributed by atoms with Gasteiger partial charge in [0.15, 0.2) is 0 Å². The first-order valence-corrected chi connectivity index (χ1v) is 6.04. The highest BCUT2D eigenvalue weighted by Gasteiger charge is 2.32. The van der Waals surface area contributed by atoms with Gasteiger partial charge in [0.05, 0.1) is 12.3 Å². The molecule has 4 heteroatoms. The predicted octanol–water partition coefficient (Wildman–Crippen LogP) is 3.22. The van der Waals surface area contributed by atoms with E-state index in [0.29, 0.717) is 12.3 Å². The Labute approximate surface area is 107 Å². The fourth-order valence-corrected chi connectivity index (χ4v) is 1.59. The molecular weight excluding hydrogens is 233 g/mol. The summed E-state index contributed by atoms with van der Waals surface area (Å²) < 4.78 is 18.6. The number of anilines is 1. The van der Waals surface area contributed by atoms with Gasteiger partial charge in [0.1, 0.15) is 11.9 Å². The van der Waals surface area contributed by atoms with E-state index in [9.17, 15) is 9.18 Å². The molecule has 1 atom stereocenters. The van der Waals surface area contributed by atoms with E-state index in [1.165, 1.54) is 6.07 Å². The number of rotatable bonds is 4. The van der Waals surface area contributed by atoms with Crippen molar-refractivity contribution in [2.24, 2.45) is 5.41 Å². The number of carbonyl (C=O) groups is 1. The Balaban J connectivity index is 2.93. The second-order valence-corrected chi connectivity index (χ2v) is 5.18. The van der Waals surface area contributed by atoms with Gasteiger partial charge in [-0.25, -0.2) is 9.18 Å². The van der Waals surface area contributed by atoms with Crippen LogP contribution in [0.15, 0.2) is 24.3 Å². The Hall–Kier alpha value is -1.58. The fourth-order valence-electron chi connectivity index (χ4n) is 1.59. The zero-order valence-corrected chi connectivity index (χ0v) is 11.3. The normalized spacial score (nSPS) is 12.9. The maximum absolute atomic E-state index is 13.6. The summed E-state index contributed by atoms with van der Waals surface area (Å²) in [5.74, 6) is -0.746. The number of benzene rings is 1. The molecule has 1 aromatic rings. The van der Waals surface area contributed by atoms with Crippen LogP contribution >= 0.6 is 0 Å². The molecule has 0 aromatic heterocycles. The molecule has 0 spiro atoms. The third-order valence-electron chi connectivity index (χ3n) is 2.56. The number of esters is 1. The van der Waals surface area contributed by atoms with Crippen molar-refractivity contribution in [3.8, 4) is 0 Å². The molecule has 1 rings (SSSR count). The lowest BCUT2D eigenvalue weighted by molar-refractivity contribution is -0.146. The first-order valence-electron chi connectivity index (χ1n) is 6.04. The maximum atomic E-state index is 13.6. The van der Waals surface area contributed by atoms with E-state index in [2.05, 4.69) is 5.32 Å². The lowest BCUT2D eigenvalue weighted by Crippen LogP contribution is -2.42. The van der Waals surface area contributed by atoms with E-state index >= 15 is 0 Å². The zero-order valence-electron chi connectivity index (χ0n) is 11.3. The minimum absolute atomic E-state index is 0.310. The number of hydrogen-bond acceptors (Lipinski definition) is 3. The van der Waals surface area contributed by atoms with Crippen molar-refractivity contribution in [3.05, 3.63) is 30.1 Å². The molecule has 0 radical (unpaired) electrons. The summed E-state index contributed by atoms with van der Waals surface area (Å²) in [5, 5.41) is 2.92. The van der Waals surface area contributed by atoms with Gasteiger partial charge in [0.25, 0.3) is 0 Å². The van der Waals surface area contributed by atoms with Crippen LogP contribution in [0.25, 0.3) is 0 Å². The van der Waals surface area contributed by atoms with Crippen molar-refractivity contribution in [2.75, 3.05) is 11.9 Å². The Morgan fingerprint density at radius 3 is 2.50 bits per heavy atom. The van der Waals surface area contributed by atoms with Crippen molar-refractivity contribution in [1.29, 1.82) is 0 Å². The van der Waals surface area contributed by atoms with Crippen LogP contribution in [-0.2, 0) is 9.53 Å². The van der Waals surface area contributed by atoms with Crippen molar-refractivity contribution < 1.29 is 13.9 Å². The molecule has 0 fully saturated rings. The van der Waals surface area contributed by atoms with Gasteiger partial charge in [-0.3, -0.25) is 0 Å². The molecule has 1 aromatic carbocycles. The van der Waals surface area contributed by atoms with Crippen molar-refractivity contribution in [2.45, 2.75) is 33.7 Å². The van der Waals surface area contributed by atoms with E-state index in [1.54, 1.807) is 25.1 Å². The number of ether oxygens (including phenoxy) is 1. The smallest absolute Gasteiger partial charge is 0.329 e. The van der Waals surface area contributed by atoms with Crippen LogP contribution in [0.5, 0.6) is 0 Å². The van der Waals surface area contributed by atoms with Gasteiger partial charge >= 0.3 is 5.97 Å². The molecular formula is C14H20FNO2. The average Bonchev–Trinajstić information content (AvgIpc) is 2.26. The van der Waals surface area contributed by atoms with Gasteiger partial charge in [-0.15, -0.1) is 0 Å². The molecule has 0 aliphatic rings. The highest BCUT2D eigenvalue weighted by Crippen LogP contribution is 2.25. The molecule has 1 unspecified atom stereocenters. The molecule has 0 heterocycles. The molecule has 0 amide bonds. The topological polar surface area (TPSA) is 38.3 Å². The molecule has 0 saturated carbocycles. The standard InChI is InChI=1S/C14H20FNO2/c1-5-18-13(17)12(14(2,3)4)16-11-9-7-6-8-10(11)15/h6-9,12,16H,5H2,1-4H3. The summed E-state index contributed by atoms with van der Waals surface area (Å²) >= 11 is 0. The van der Waals surface area contributed by atoms with Gasteiger partial charge < -0.3 is 10.1 Å². The van der Waals surface area contributed by atoms with Crippen LogP contribution in [0, 0.1) is 11.2 Å². The summed E-state index contributed by atoms with van der Waals surface area (Å²) in [5.41, 5.74) is -0.0559. The molecule has 0 bridgehead atoms. The lowest BCUT2D eigenvalue weighted by Gasteiger charge is -2.30. The number of para-hydroxylation sites is 1. The number of nitrogens with one attached hydrogen (secondary N) is 1. The summed E-state index contributed by atoms with van der Waals surface area (Å²) in [7, 11) is 0. The second-order valence-electron chi connectivity index (χ2n) is 5.18. The van der Waals surface area contributed by atoms with Gasteiger partial charge in [-0.05, 0) is 24.5 Å². The summed E-state index contributed by atoms with van der Waals surface area (Å²) in [6, 6.07) is 5.70. The van der Waals surface area contributed by atoms with E-state index in [0.717, 1.165) is 0 Å². The SMILES string of the molecule is CCOC(=O)C(Nc1ccccc1F)C(C)(C)C. The minimum atomic E-state index is -0.589. The van der Waals surface area contributed by atoms with Gasteiger partial charge in [0, 0.05) is 0 Å². The van der Waals surface area contributed by atoms with Crippen LogP contribution in [0.3, 0.4) is 0 Å². The molecule has 100 valence electrons. The van der Waals surface area contributed by atoms with Gasteiger partial charge in [-0.2, -0.15) is 0 Å². The number of hydrogen-bond donors (Lipinski definition) is 1. The van der Waals surface area contributed by atoms with Crippen molar-refractivity contribution in [1.82, 2.24) is 0 Å². The van der Waals surface area contributed by atoms with Crippen LogP contribution < -0.4 is 5.32 Å². The number of carbonyl (C=O) groups excluding carboxylic acids is 1. The molecule has 1 N–H and O–H groups in total. The highest BCUT2D eigenvalue weighted by molar-refractivity contribution is 5.80. The van der Waals surface area contributed by atoms with Crippen LogP contribution in [0.2, 0.25) is 0 Å². The summed E-state index contributed by atoms with van der Waals surface area (Å²) in [6.07, 6.45) is 0. The molecule has 0 aliphatic carbocycles. The monoisotopic (exact) mass is 253 g/mol. The van der Waals surface area contributed by atoms with Crippen LogP contribution in [0.4, 0.5) is 10.1 Å². The Morgan fingerprint density at radius 2 is 2.00 bits per heavy atom. The van der Waals surface area contributed by atoms with Crippen molar-refractivity contribution >= 4 is 11.7 Å². The Kier molecular flexibility index (Phi) is 4.70. The fraction of sp³-hybridized carbons (Fsp3) is 0.500. The van der Waals surface area contributed by atoms with Crippen molar-refractivity contribution in [3.63, 3.8) is 0 Å². The van der Waals surface area contributed by atoms with Gasteiger partial charge in [0.2, 0.25) is 0 Å². The first-order chi connectivity index (χ1) is 8.36. The lowest BCUT2D eigenvalue weighted by atomic mass is 9.86. The molecule has 3 nitrogen and oxygen atoms in total. The predicted molar refractivity (Wildman–Crippen MR) is 69.9 cm³/mol. The molecule has 0 aliphatic heterocycles. The van der Waals surface area contributed by atoms with Crippen LogP contribution in [0.1, 0.15) is 27.7 Å². The maximum Gasteiger partial charge on any atom is 0.329 e. The average molecular weight is 253 g/mol. The molecule has 18 heavy (non-hydrogen) atoms. The third-order valence-corrected chi connectivity index (χ3v) is 2.56. The Morgan fingerprint density at radius 1 is 1.39 bits per heavy atom. The minimum Gasteiger partial charge on any atom is -0.464 e. The number of halogens is 1. The second kappa shape index (κ2) is 5.85. The largest absolute Gasteiger partial charge is 0.464 e. The zero-order chi connectivity index (χ0) is 13.8. The van der Waals surface area contributed by atoms with E-state index in [4.69, 9.17) is 4.74 Å². The third kappa shape index (κ3) is 3.72. The quantitative estimate of drug-likeness (QED) is 0.837. The summed E-state index contributed by atoms with van der Waals surface area (Å²) in [4.78, 5) is 11.9. The van der Waals surface area contributed by atoms with E-state index < -0.39 is 6.04 Å². The molecule has 0 saturated heterocycles. The first kappa shape index (κ1) is 14.5. The van der Waals surface area contributed by atoms with Crippen LogP contribution in [-0.4, -0.2) is 18.6 Å². The highest BCUT2D eigenvalue weighted by atomic mass is 19.1. The van der Waals surface area contributed by atoms with E-state index in [-0.39, 0.29) is 17.2 Å². The van der Waals surface area contributed by atoms with E-state index in [1.807, 2.05) is 20.8 Å². The summed E-state index contributed by atoms with van der Waals surface area (Å²) in [6.45, 7) is 7.78.